The molecule has 5 heteroatoms. The quantitative estimate of drug-likeness (QED) is 0.818. The molecule has 1 aromatic carbocycles. The first-order valence-electron chi connectivity index (χ1n) is 7.97. The molecule has 0 radical (unpaired) electrons. The van der Waals surface area contributed by atoms with E-state index < -0.39 is 0 Å². The van der Waals surface area contributed by atoms with Crippen LogP contribution in [0.5, 0.6) is 0 Å². The molecule has 1 aromatic heterocycles. The van der Waals surface area contributed by atoms with Crippen molar-refractivity contribution in [2.24, 2.45) is 0 Å². The zero-order valence-corrected chi connectivity index (χ0v) is 13.6. The minimum absolute atomic E-state index is 0.0107. The molecule has 0 saturated heterocycles. The van der Waals surface area contributed by atoms with E-state index in [1.807, 2.05) is 46.8 Å². The average Bonchev–Trinajstić information content (AvgIpc) is 2.94. The molecule has 0 saturated carbocycles. The highest BCUT2D eigenvalue weighted by atomic mass is 16.2. The maximum atomic E-state index is 12.7. The van der Waals surface area contributed by atoms with Crippen molar-refractivity contribution in [3.05, 3.63) is 53.9 Å². The van der Waals surface area contributed by atoms with Gasteiger partial charge >= 0.3 is 0 Å². The van der Waals surface area contributed by atoms with Crippen molar-refractivity contribution in [2.75, 3.05) is 25.0 Å². The second kappa shape index (κ2) is 6.79. The molecule has 1 amide bonds. The maximum Gasteiger partial charge on any atom is 0.251 e. The topological polar surface area (TPSA) is 41.4 Å². The Bertz CT molecular complexity index is 719. The standard InChI is InChI=1S/C18H22N4O/c1-3-22-16(10-11-19-22)8-9-18(23)21-13-12-20(2)14-15-6-4-5-7-17(15)21/h4-11H,3,12-14H2,1-2H3/b9-8+. The van der Waals surface area contributed by atoms with Crippen molar-refractivity contribution in [3.8, 4) is 0 Å². The van der Waals surface area contributed by atoms with Gasteiger partial charge in [0.2, 0.25) is 0 Å². The van der Waals surface area contributed by atoms with Crippen molar-refractivity contribution in [2.45, 2.75) is 20.0 Å². The number of para-hydroxylation sites is 1. The molecule has 0 atom stereocenters. The number of anilines is 1. The lowest BCUT2D eigenvalue weighted by molar-refractivity contribution is -0.114. The molecule has 0 bridgehead atoms. The highest BCUT2D eigenvalue weighted by molar-refractivity contribution is 6.04. The number of fused-ring (bicyclic) bond motifs is 1. The third-order valence-corrected chi connectivity index (χ3v) is 4.14. The van der Waals surface area contributed by atoms with Crippen LogP contribution < -0.4 is 4.90 Å². The molecule has 0 N–H and O–H groups in total. The van der Waals surface area contributed by atoms with Crippen LogP contribution in [0.15, 0.2) is 42.6 Å². The van der Waals surface area contributed by atoms with Gasteiger partial charge in [0, 0.05) is 44.1 Å². The lowest BCUT2D eigenvalue weighted by Gasteiger charge is -2.21. The van der Waals surface area contributed by atoms with E-state index in [1.165, 1.54) is 5.56 Å². The molecular weight excluding hydrogens is 288 g/mol. The SMILES string of the molecule is CCn1nccc1/C=C/C(=O)N1CCN(C)Cc2ccccc21. The van der Waals surface area contributed by atoms with Gasteiger partial charge < -0.3 is 9.80 Å². The molecule has 0 spiro atoms. The van der Waals surface area contributed by atoms with Gasteiger partial charge in [-0.25, -0.2) is 0 Å². The largest absolute Gasteiger partial charge is 0.307 e. The number of likely N-dealkylation sites (N-methyl/N-ethyl adjacent to an activating group) is 1. The van der Waals surface area contributed by atoms with Gasteiger partial charge in [-0.2, -0.15) is 5.10 Å². The average molecular weight is 310 g/mol. The fourth-order valence-electron chi connectivity index (χ4n) is 2.89. The number of carbonyl (C=O) groups is 1. The van der Waals surface area contributed by atoms with E-state index >= 15 is 0 Å². The van der Waals surface area contributed by atoms with Gasteiger partial charge in [-0.15, -0.1) is 0 Å². The van der Waals surface area contributed by atoms with Crippen LogP contribution in [0.1, 0.15) is 18.2 Å². The van der Waals surface area contributed by atoms with E-state index in [1.54, 1.807) is 12.3 Å². The van der Waals surface area contributed by atoms with Gasteiger partial charge in [-0.3, -0.25) is 9.48 Å². The van der Waals surface area contributed by atoms with E-state index in [9.17, 15) is 4.79 Å². The molecule has 23 heavy (non-hydrogen) atoms. The summed E-state index contributed by atoms with van der Waals surface area (Å²) in [6, 6.07) is 10.0. The number of benzene rings is 1. The zero-order valence-electron chi connectivity index (χ0n) is 13.6. The number of hydrogen-bond acceptors (Lipinski definition) is 3. The summed E-state index contributed by atoms with van der Waals surface area (Å²) < 4.78 is 1.87. The second-order valence-corrected chi connectivity index (χ2v) is 5.76. The van der Waals surface area contributed by atoms with Gasteiger partial charge in [-0.05, 0) is 37.7 Å². The summed E-state index contributed by atoms with van der Waals surface area (Å²) in [7, 11) is 2.08. The molecule has 1 aliphatic rings. The highest BCUT2D eigenvalue weighted by Crippen LogP contribution is 2.24. The Morgan fingerprint density at radius 1 is 1.26 bits per heavy atom. The number of rotatable bonds is 3. The van der Waals surface area contributed by atoms with Crippen LogP contribution in [0.2, 0.25) is 0 Å². The summed E-state index contributed by atoms with van der Waals surface area (Å²) in [5.74, 6) is 0.0107. The first-order chi connectivity index (χ1) is 11.2. The van der Waals surface area contributed by atoms with Gasteiger partial charge in [0.15, 0.2) is 0 Å². The summed E-state index contributed by atoms with van der Waals surface area (Å²) in [6.45, 7) is 5.25. The van der Waals surface area contributed by atoms with E-state index in [0.717, 1.165) is 31.0 Å². The van der Waals surface area contributed by atoms with Crippen molar-refractivity contribution in [1.29, 1.82) is 0 Å². The summed E-state index contributed by atoms with van der Waals surface area (Å²) in [6.07, 6.45) is 5.24. The third-order valence-electron chi connectivity index (χ3n) is 4.14. The Kier molecular flexibility index (Phi) is 4.57. The molecular formula is C18H22N4O. The molecule has 1 aliphatic heterocycles. The number of aromatic nitrogens is 2. The van der Waals surface area contributed by atoms with Crippen LogP contribution in [0.4, 0.5) is 5.69 Å². The fourth-order valence-corrected chi connectivity index (χ4v) is 2.89. The van der Waals surface area contributed by atoms with Crippen molar-refractivity contribution in [3.63, 3.8) is 0 Å². The fraction of sp³-hybridized carbons (Fsp3) is 0.333. The van der Waals surface area contributed by atoms with Gasteiger partial charge in [0.05, 0.1) is 5.69 Å². The Balaban J connectivity index is 1.84. The minimum Gasteiger partial charge on any atom is -0.307 e. The summed E-state index contributed by atoms with van der Waals surface area (Å²) in [4.78, 5) is 16.8. The van der Waals surface area contributed by atoms with Crippen LogP contribution in [0.25, 0.3) is 6.08 Å². The molecule has 0 fully saturated rings. The first-order valence-corrected chi connectivity index (χ1v) is 7.97. The summed E-state index contributed by atoms with van der Waals surface area (Å²) in [5, 5.41) is 4.22. The normalized spacial score (nSPS) is 15.7. The lowest BCUT2D eigenvalue weighted by atomic mass is 10.1. The van der Waals surface area contributed by atoms with Crippen LogP contribution in [0.3, 0.4) is 0 Å². The molecule has 5 nitrogen and oxygen atoms in total. The van der Waals surface area contributed by atoms with E-state index in [0.29, 0.717) is 6.54 Å². The third kappa shape index (κ3) is 3.35. The second-order valence-electron chi connectivity index (χ2n) is 5.76. The van der Waals surface area contributed by atoms with Crippen molar-refractivity contribution >= 4 is 17.7 Å². The molecule has 3 rings (SSSR count). The van der Waals surface area contributed by atoms with E-state index in [-0.39, 0.29) is 5.91 Å². The molecule has 2 heterocycles. The zero-order chi connectivity index (χ0) is 16.2. The number of nitrogens with zero attached hydrogens (tertiary/aromatic N) is 4. The van der Waals surface area contributed by atoms with Crippen LogP contribution in [0, 0.1) is 0 Å². The Morgan fingerprint density at radius 3 is 2.91 bits per heavy atom. The number of hydrogen-bond donors (Lipinski definition) is 0. The monoisotopic (exact) mass is 310 g/mol. The highest BCUT2D eigenvalue weighted by Gasteiger charge is 2.21. The molecule has 0 aliphatic carbocycles. The number of aryl methyl sites for hydroxylation is 1. The predicted octanol–water partition coefficient (Wildman–Crippen LogP) is 2.39. The molecule has 120 valence electrons. The Hall–Kier alpha value is -2.40. The van der Waals surface area contributed by atoms with Crippen LogP contribution in [-0.2, 0) is 17.9 Å². The van der Waals surface area contributed by atoms with Crippen LogP contribution in [-0.4, -0.2) is 40.7 Å². The smallest absolute Gasteiger partial charge is 0.251 e. The van der Waals surface area contributed by atoms with Gasteiger partial charge in [0.1, 0.15) is 0 Å². The Morgan fingerprint density at radius 2 is 2.09 bits per heavy atom. The van der Waals surface area contributed by atoms with Crippen molar-refractivity contribution in [1.82, 2.24) is 14.7 Å². The maximum absolute atomic E-state index is 12.7. The minimum atomic E-state index is 0.0107. The van der Waals surface area contributed by atoms with E-state index in [2.05, 4.69) is 23.1 Å². The molecule has 2 aromatic rings. The summed E-state index contributed by atoms with van der Waals surface area (Å²) in [5.41, 5.74) is 3.14. The summed E-state index contributed by atoms with van der Waals surface area (Å²) >= 11 is 0. The van der Waals surface area contributed by atoms with E-state index in [4.69, 9.17) is 0 Å². The van der Waals surface area contributed by atoms with Gasteiger partial charge in [0.25, 0.3) is 5.91 Å². The predicted molar refractivity (Wildman–Crippen MR) is 92.1 cm³/mol. The number of carbonyl (C=O) groups excluding carboxylic acids is 1. The van der Waals surface area contributed by atoms with Gasteiger partial charge in [-0.1, -0.05) is 18.2 Å². The molecule has 0 unspecified atom stereocenters. The van der Waals surface area contributed by atoms with Crippen LogP contribution >= 0.6 is 0 Å². The first kappa shape index (κ1) is 15.5. The Labute approximate surface area is 136 Å². The lowest BCUT2D eigenvalue weighted by Crippen LogP contribution is -2.33. The number of amides is 1. The van der Waals surface area contributed by atoms with Crippen molar-refractivity contribution < 1.29 is 4.79 Å².